The zero-order valence-electron chi connectivity index (χ0n) is 10.7. The molecule has 0 saturated carbocycles. The second-order valence-electron chi connectivity index (χ2n) is 4.18. The monoisotopic (exact) mass is 314 g/mol. The molecule has 0 saturated heterocycles. The van der Waals surface area contributed by atoms with Crippen LogP contribution in [0.5, 0.6) is 0 Å². The summed E-state index contributed by atoms with van der Waals surface area (Å²) < 4.78 is 31.9. The second-order valence-corrected chi connectivity index (χ2v) is 6.36. The van der Waals surface area contributed by atoms with Gasteiger partial charge in [0.1, 0.15) is 5.76 Å². The Kier molecular flexibility index (Phi) is 4.82. The van der Waals surface area contributed by atoms with Crippen molar-refractivity contribution in [2.24, 2.45) is 5.73 Å². The maximum atomic E-state index is 12.1. The molecule has 7 heteroatoms. The molecular formula is C13H15ClN2O3S. The number of halogens is 1. The number of hydrogen-bond donors (Lipinski definition) is 2. The number of nitrogens with two attached hydrogens (primary N) is 1. The van der Waals surface area contributed by atoms with Gasteiger partial charge < -0.3 is 10.2 Å². The Balaban J connectivity index is 2.06. The fraction of sp³-hybridized carbons (Fsp3) is 0.231. The van der Waals surface area contributed by atoms with Crippen molar-refractivity contribution in [2.75, 3.05) is 6.54 Å². The minimum Gasteiger partial charge on any atom is -0.469 e. The molecule has 20 heavy (non-hydrogen) atoms. The van der Waals surface area contributed by atoms with Gasteiger partial charge in [-0.2, -0.15) is 0 Å². The summed E-state index contributed by atoms with van der Waals surface area (Å²) in [4.78, 5) is 0.154. The first-order valence-electron chi connectivity index (χ1n) is 6.03. The molecule has 0 radical (unpaired) electrons. The highest BCUT2D eigenvalue weighted by atomic mass is 35.5. The summed E-state index contributed by atoms with van der Waals surface area (Å²) in [5, 5.41) is 0.460. The smallest absolute Gasteiger partial charge is 0.240 e. The maximum absolute atomic E-state index is 12.1. The quantitative estimate of drug-likeness (QED) is 0.853. The van der Waals surface area contributed by atoms with Gasteiger partial charge in [-0.25, -0.2) is 13.1 Å². The lowest BCUT2D eigenvalue weighted by molar-refractivity contribution is 0.506. The van der Waals surface area contributed by atoms with E-state index in [0.29, 0.717) is 17.0 Å². The van der Waals surface area contributed by atoms with Crippen LogP contribution in [0.4, 0.5) is 0 Å². The van der Waals surface area contributed by atoms with Crippen molar-refractivity contribution >= 4 is 21.6 Å². The molecule has 1 heterocycles. The third-order valence-electron chi connectivity index (χ3n) is 2.79. The molecule has 0 aliphatic carbocycles. The van der Waals surface area contributed by atoms with E-state index in [4.69, 9.17) is 21.8 Å². The number of hydrogen-bond acceptors (Lipinski definition) is 4. The predicted molar refractivity (Wildman–Crippen MR) is 76.9 cm³/mol. The van der Waals surface area contributed by atoms with Gasteiger partial charge in [0.2, 0.25) is 10.0 Å². The lowest BCUT2D eigenvalue weighted by atomic mass is 10.2. The van der Waals surface area contributed by atoms with Crippen LogP contribution in [0.15, 0.2) is 45.9 Å². The average molecular weight is 315 g/mol. The number of rotatable bonds is 6. The van der Waals surface area contributed by atoms with Crippen LogP contribution in [0.3, 0.4) is 0 Å². The van der Waals surface area contributed by atoms with Crippen LogP contribution >= 0.6 is 11.6 Å². The van der Waals surface area contributed by atoms with E-state index in [2.05, 4.69) is 4.72 Å². The SMILES string of the molecule is NCc1cc(S(=O)(=O)NCCc2ccco2)ccc1Cl. The maximum Gasteiger partial charge on any atom is 0.240 e. The van der Waals surface area contributed by atoms with Crippen LogP contribution in [0.1, 0.15) is 11.3 Å². The van der Waals surface area contributed by atoms with Crippen LogP contribution in [0.25, 0.3) is 0 Å². The van der Waals surface area contributed by atoms with Gasteiger partial charge in [-0.1, -0.05) is 11.6 Å². The van der Waals surface area contributed by atoms with Gasteiger partial charge in [0.25, 0.3) is 0 Å². The Morgan fingerprint density at radius 2 is 2.10 bits per heavy atom. The predicted octanol–water partition coefficient (Wildman–Crippen LogP) is 1.91. The van der Waals surface area contributed by atoms with Gasteiger partial charge in [0.15, 0.2) is 0 Å². The first-order valence-corrected chi connectivity index (χ1v) is 7.89. The second kappa shape index (κ2) is 6.41. The molecule has 5 nitrogen and oxygen atoms in total. The molecule has 2 rings (SSSR count). The van der Waals surface area contributed by atoms with Gasteiger partial charge in [-0.05, 0) is 35.9 Å². The summed E-state index contributed by atoms with van der Waals surface area (Å²) in [6, 6.07) is 8.03. The number of sulfonamides is 1. The van der Waals surface area contributed by atoms with Gasteiger partial charge in [-0.3, -0.25) is 0 Å². The highest BCUT2D eigenvalue weighted by Crippen LogP contribution is 2.19. The highest BCUT2D eigenvalue weighted by Gasteiger charge is 2.15. The first-order chi connectivity index (χ1) is 9.53. The van der Waals surface area contributed by atoms with Crippen molar-refractivity contribution in [1.82, 2.24) is 4.72 Å². The topological polar surface area (TPSA) is 85.3 Å². The van der Waals surface area contributed by atoms with E-state index in [9.17, 15) is 8.42 Å². The summed E-state index contributed by atoms with van der Waals surface area (Å²) in [5.74, 6) is 0.728. The highest BCUT2D eigenvalue weighted by molar-refractivity contribution is 7.89. The van der Waals surface area contributed by atoms with Gasteiger partial charge in [-0.15, -0.1) is 0 Å². The van der Waals surface area contributed by atoms with E-state index in [1.165, 1.54) is 18.2 Å². The molecule has 3 N–H and O–H groups in total. The van der Waals surface area contributed by atoms with E-state index >= 15 is 0 Å². The lowest BCUT2D eigenvalue weighted by Crippen LogP contribution is -2.26. The molecule has 0 fully saturated rings. The number of furan rings is 1. The summed E-state index contributed by atoms with van der Waals surface area (Å²) in [7, 11) is -3.57. The summed E-state index contributed by atoms with van der Waals surface area (Å²) in [6.45, 7) is 0.449. The van der Waals surface area contributed by atoms with E-state index in [0.717, 1.165) is 5.76 Å². The molecule has 2 aromatic rings. The minimum absolute atomic E-state index is 0.154. The Hall–Kier alpha value is -1.34. The third kappa shape index (κ3) is 3.61. The summed E-state index contributed by atoms with van der Waals surface area (Å²) >= 11 is 5.91. The standard InChI is InChI=1S/C13H15ClN2O3S/c14-13-4-3-12(8-10(13)9-15)20(17,18)16-6-5-11-2-1-7-19-11/h1-4,7-8,16H,5-6,9,15H2. The van der Waals surface area contributed by atoms with Gasteiger partial charge >= 0.3 is 0 Å². The number of nitrogens with one attached hydrogen (secondary N) is 1. The summed E-state index contributed by atoms with van der Waals surface area (Å²) in [5.41, 5.74) is 6.11. The van der Waals surface area contributed by atoms with Crippen molar-refractivity contribution in [3.63, 3.8) is 0 Å². The van der Waals surface area contributed by atoms with E-state index in [1.807, 2.05) is 0 Å². The fourth-order valence-electron chi connectivity index (χ4n) is 1.72. The molecule has 0 unspecified atom stereocenters. The van der Waals surface area contributed by atoms with Crippen LogP contribution < -0.4 is 10.5 Å². The molecule has 0 aliphatic heterocycles. The molecule has 0 spiro atoms. The van der Waals surface area contributed by atoms with E-state index < -0.39 is 10.0 Å². The Labute approximate surface area is 122 Å². The Morgan fingerprint density at radius 1 is 1.30 bits per heavy atom. The van der Waals surface area contributed by atoms with E-state index in [1.54, 1.807) is 18.4 Å². The molecule has 1 aromatic carbocycles. The van der Waals surface area contributed by atoms with Crippen molar-refractivity contribution in [3.8, 4) is 0 Å². The van der Waals surface area contributed by atoms with Crippen molar-refractivity contribution in [3.05, 3.63) is 52.9 Å². The Morgan fingerprint density at radius 3 is 2.75 bits per heavy atom. The van der Waals surface area contributed by atoms with E-state index in [-0.39, 0.29) is 18.0 Å². The molecule has 0 aliphatic rings. The number of benzene rings is 1. The average Bonchev–Trinajstić information content (AvgIpc) is 2.92. The largest absolute Gasteiger partial charge is 0.469 e. The van der Waals surface area contributed by atoms with Crippen molar-refractivity contribution in [1.29, 1.82) is 0 Å². The molecule has 0 atom stereocenters. The van der Waals surface area contributed by atoms with Crippen LogP contribution in [0, 0.1) is 0 Å². The van der Waals surface area contributed by atoms with Crippen molar-refractivity contribution in [2.45, 2.75) is 17.9 Å². The normalized spacial score (nSPS) is 11.7. The zero-order valence-corrected chi connectivity index (χ0v) is 12.2. The molecule has 0 amide bonds. The molecule has 1 aromatic heterocycles. The zero-order chi connectivity index (χ0) is 14.6. The Bertz CT molecular complexity index is 669. The molecule has 0 bridgehead atoms. The third-order valence-corrected chi connectivity index (χ3v) is 4.62. The summed E-state index contributed by atoms with van der Waals surface area (Å²) in [6.07, 6.45) is 2.04. The van der Waals surface area contributed by atoms with Gasteiger partial charge in [0.05, 0.1) is 11.2 Å². The first kappa shape index (κ1) is 15.1. The molecular weight excluding hydrogens is 300 g/mol. The fourth-order valence-corrected chi connectivity index (χ4v) is 3.00. The molecule has 108 valence electrons. The minimum atomic E-state index is -3.57. The lowest BCUT2D eigenvalue weighted by Gasteiger charge is -2.08. The van der Waals surface area contributed by atoms with Crippen LogP contribution in [-0.2, 0) is 23.0 Å². The van der Waals surface area contributed by atoms with Crippen LogP contribution in [0.2, 0.25) is 5.02 Å². The van der Waals surface area contributed by atoms with Crippen molar-refractivity contribution < 1.29 is 12.8 Å². The van der Waals surface area contributed by atoms with Gasteiger partial charge in [0, 0.05) is 24.5 Å². The van der Waals surface area contributed by atoms with Crippen LogP contribution in [-0.4, -0.2) is 15.0 Å².